The fourth-order valence-electron chi connectivity index (χ4n) is 5.41. The molecule has 4 aliphatic rings. The summed E-state index contributed by atoms with van der Waals surface area (Å²) in [5, 5.41) is 21.4. The molecule has 172 valence electrons. The number of piperidine rings is 1. The Morgan fingerprint density at radius 2 is 2.00 bits per heavy atom. The summed E-state index contributed by atoms with van der Waals surface area (Å²) in [6.45, 7) is 6.17. The van der Waals surface area contributed by atoms with Crippen LogP contribution in [0.2, 0.25) is 0 Å². The van der Waals surface area contributed by atoms with Gasteiger partial charge in [-0.3, -0.25) is 20.7 Å². The highest BCUT2D eigenvalue weighted by molar-refractivity contribution is 8.00. The molecule has 4 rings (SSSR count). The summed E-state index contributed by atoms with van der Waals surface area (Å²) in [5.41, 5.74) is 0. The molecule has 3 aliphatic heterocycles. The van der Waals surface area contributed by atoms with E-state index < -0.39 is 0 Å². The molecule has 4 fully saturated rings. The van der Waals surface area contributed by atoms with Gasteiger partial charge >= 0.3 is 0 Å². The van der Waals surface area contributed by atoms with Crippen LogP contribution in [-0.2, 0) is 9.53 Å². The minimum absolute atomic E-state index is 0.0678. The van der Waals surface area contributed by atoms with Crippen LogP contribution in [0.1, 0.15) is 39.0 Å². The van der Waals surface area contributed by atoms with Gasteiger partial charge in [-0.2, -0.15) is 0 Å². The lowest BCUT2D eigenvalue weighted by atomic mass is 9.82. The molecule has 0 aromatic rings. The Bertz CT molecular complexity index is 564. The molecule has 0 bridgehead atoms. The van der Waals surface area contributed by atoms with E-state index in [4.69, 9.17) is 4.74 Å². The van der Waals surface area contributed by atoms with E-state index in [9.17, 15) is 4.79 Å². The lowest BCUT2D eigenvalue weighted by Crippen LogP contribution is -2.66. The highest BCUT2D eigenvalue weighted by Gasteiger charge is 2.35. The predicted octanol–water partition coefficient (Wildman–Crippen LogP) is -0.228. The van der Waals surface area contributed by atoms with Crippen molar-refractivity contribution in [3.63, 3.8) is 0 Å². The summed E-state index contributed by atoms with van der Waals surface area (Å²) in [5.74, 6) is 2.29. The second-order valence-corrected chi connectivity index (χ2v) is 10.7. The number of carbonyl (C=O) groups is 1. The number of thioether (sulfide) groups is 1. The molecule has 0 spiro atoms. The number of amides is 1. The fraction of sp³-hybridized carbons (Fsp3) is 0.952. The summed E-state index contributed by atoms with van der Waals surface area (Å²) < 4.78 is 5.59. The zero-order valence-corrected chi connectivity index (χ0v) is 19.2. The van der Waals surface area contributed by atoms with Crippen LogP contribution in [0.25, 0.3) is 0 Å². The van der Waals surface area contributed by atoms with Crippen molar-refractivity contribution in [2.45, 2.75) is 74.8 Å². The van der Waals surface area contributed by atoms with Gasteiger partial charge in [0, 0.05) is 44.2 Å². The van der Waals surface area contributed by atoms with Crippen molar-refractivity contribution in [3.8, 4) is 0 Å². The average Bonchev–Trinajstić information content (AvgIpc) is 3.31. The first-order valence-corrected chi connectivity index (χ1v) is 12.8. The number of nitrogens with one attached hydrogen (secondary N) is 6. The van der Waals surface area contributed by atoms with Gasteiger partial charge in [-0.25, -0.2) is 0 Å². The number of rotatable bonds is 6. The van der Waals surface area contributed by atoms with E-state index in [1.165, 1.54) is 0 Å². The zero-order valence-electron chi connectivity index (χ0n) is 18.4. The molecule has 8 nitrogen and oxygen atoms in total. The molecule has 1 amide bonds. The van der Waals surface area contributed by atoms with Gasteiger partial charge in [-0.15, -0.1) is 11.8 Å². The molecule has 30 heavy (non-hydrogen) atoms. The van der Waals surface area contributed by atoms with Crippen LogP contribution in [0.4, 0.5) is 0 Å². The van der Waals surface area contributed by atoms with E-state index in [-0.39, 0.29) is 23.5 Å². The van der Waals surface area contributed by atoms with E-state index in [2.05, 4.69) is 38.8 Å². The lowest BCUT2D eigenvalue weighted by molar-refractivity contribution is -0.121. The van der Waals surface area contributed by atoms with Crippen molar-refractivity contribution in [2.75, 3.05) is 39.2 Å². The van der Waals surface area contributed by atoms with E-state index in [1.54, 1.807) is 11.8 Å². The Labute approximate surface area is 185 Å². The Kier molecular flexibility index (Phi) is 8.30. The van der Waals surface area contributed by atoms with Crippen molar-refractivity contribution >= 4 is 17.7 Å². The SMILES string of the molecule is COC1CNCC(C2CCNC(NC3CC(NC(=O)C4CNCS4)CCC3C)N2)C1. The number of ether oxygens (including phenoxy) is 1. The number of hydrogen-bond donors (Lipinski definition) is 6. The molecule has 1 aliphatic carbocycles. The summed E-state index contributed by atoms with van der Waals surface area (Å²) >= 11 is 1.71. The van der Waals surface area contributed by atoms with Gasteiger partial charge in [0.2, 0.25) is 5.91 Å². The Hall–Kier alpha value is -0.420. The van der Waals surface area contributed by atoms with E-state index in [1.807, 2.05) is 7.11 Å². The van der Waals surface area contributed by atoms with Crippen LogP contribution in [0, 0.1) is 11.8 Å². The molecule has 0 radical (unpaired) electrons. The van der Waals surface area contributed by atoms with Crippen molar-refractivity contribution in [2.24, 2.45) is 11.8 Å². The van der Waals surface area contributed by atoms with Gasteiger partial charge in [0.25, 0.3) is 0 Å². The molecule has 3 saturated heterocycles. The molecule has 0 aromatic heterocycles. The first-order valence-electron chi connectivity index (χ1n) is 11.7. The van der Waals surface area contributed by atoms with Crippen LogP contribution in [0.15, 0.2) is 0 Å². The van der Waals surface area contributed by atoms with Gasteiger partial charge in [0.1, 0.15) is 6.29 Å². The lowest BCUT2D eigenvalue weighted by Gasteiger charge is -2.43. The molecule has 0 aromatic carbocycles. The van der Waals surface area contributed by atoms with Gasteiger partial charge in [-0.1, -0.05) is 6.92 Å². The van der Waals surface area contributed by atoms with Crippen molar-refractivity contribution in [3.05, 3.63) is 0 Å². The molecule has 9 heteroatoms. The summed E-state index contributed by atoms with van der Waals surface area (Å²) in [6, 6.07) is 1.17. The zero-order chi connectivity index (χ0) is 20.9. The quantitative estimate of drug-likeness (QED) is 0.337. The van der Waals surface area contributed by atoms with Gasteiger partial charge in [-0.05, 0) is 57.0 Å². The maximum Gasteiger partial charge on any atom is 0.234 e. The highest BCUT2D eigenvalue weighted by atomic mass is 32.2. The number of carbonyl (C=O) groups excluding carboxylic acids is 1. The van der Waals surface area contributed by atoms with Crippen LogP contribution in [-0.4, -0.2) is 80.8 Å². The van der Waals surface area contributed by atoms with E-state index >= 15 is 0 Å². The largest absolute Gasteiger partial charge is 0.380 e. The van der Waals surface area contributed by atoms with Crippen LogP contribution < -0.4 is 31.9 Å². The molecule has 6 N–H and O–H groups in total. The van der Waals surface area contributed by atoms with E-state index in [0.29, 0.717) is 30.0 Å². The first kappa shape index (κ1) is 22.8. The minimum atomic E-state index is 0.0678. The van der Waals surface area contributed by atoms with Crippen molar-refractivity contribution in [1.82, 2.24) is 31.9 Å². The monoisotopic (exact) mass is 440 g/mol. The van der Waals surface area contributed by atoms with Crippen LogP contribution in [0.5, 0.6) is 0 Å². The molecular formula is C21H40N6O2S. The third-order valence-corrected chi connectivity index (χ3v) is 8.52. The normalized spacial score (nSPS) is 42.7. The second kappa shape index (κ2) is 10.9. The fourth-order valence-corrected chi connectivity index (χ4v) is 6.30. The first-order chi connectivity index (χ1) is 14.6. The number of hydrogen-bond acceptors (Lipinski definition) is 8. The smallest absolute Gasteiger partial charge is 0.234 e. The van der Waals surface area contributed by atoms with Crippen molar-refractivity contribution in [1.29, 1.82) is 0 Å². The Morgan fingerprint density at radius 1 is 1.10 bits per heavy atom. The van der Waals surface area contributed by atoms with E-state index in [0.717, 1.165) is 64.2 Å². The second-order valence-electron chi connectivity index (χ2n) is 9.48. The third-order valence-electron chi connectivity index (χ3n) is 7.36. The minimum Gasteiger partial charge on any atom is -0.380 e. The highest BCUT2D eigenvalue weighted by Crippen LogP contribution is 2.26. The summed E-state index contributed by atoms with van der Waals surface area (Å²) in [4.78, 5) is 12.5. The maximum atomic E-state index is 12.5. The van der Waals surface area contributed by atoms with Crippen LogP contribution in [0.3, 0.4) is 0 Å². The van der Waals surface area contributed by atoms with Gasteiger partial charge < -0.3 is 20.7 Å². The average molecular weight is 441 g/mol. The Balaban J connectivity index is 1.27. The number of methoxy groups -OCH3 is 1. The van der Waals surface area contributed by atoms with Crippen molar-refractivity contribution < 1.29 is 9.53 Å². The summed E-state index contributed by atoms with van der Waals surface area (Å²) in [7, 11) is 1.82. The molecule has 8 atom stereocenters. The molecular weight excluding hydrogens is 400 g/mol. The predicted molar refractivity (Wildman–Crippen MR) is 121 cm³/mol. The topological polar surface area (TPSA) is 98.5 Å². The standard InChI is InChI=1S/C21H40N6O2S/c1-13-3-4-15(25-20(28)19-11-23-12-30-19)8-18(13)27-21-24-6-5-17(26-21)14-7-16(29-2)10-22-9-14/h13-19,21-24,26-27H,3-12H2,1-2H3,(H,25,28). The van der Waals surface area contributed by atoms with Crippen LogP contribution >= 0.6 is 11.8 Å². The molecule has 8 unspecified atom stereocenters. The Morgan fingerprint density at radius 3 is 2.80 bits per heavy atom. The molecule has 1 saturated carbocycles. The third kappa shape index (κ3) is 5.88. The van der Waals surface area contributed by atoms with Gasteiger partial charge in [0.05, 0.1) is 11.4 Å². The summed E-state index contributed by atoms with van der Waals surface area (Å²) in [6.07, 6.45) is 5.94. The maximum absolute atomic E-state index is 12.5. The van der Waals surface area contributed by atoms with Gasteiger partial charge in [0.15, 0.2) is 0 Å². The molecule has 3 heterocycles.